The third-order valence-electron chi connectivity index (χ3n) is 14.9. The van der Waals surface area contributed by atoms with E-state index >= 15 is 0 Å². The fourth-order valence-corrected chi connectivity index (χ4v) is 10.4. The van der Waals surface area contributed by atoms with Crippen molar-refractivity contribution in [2.24, 2.45) is 0 Å². The standard InChI is InChI=1S/C72H130NO8P/c1-6-8-10-12-14-16-18-20-22-24-26-28-30-32-34-35-36-37-39-40-42-44-46-48-50-52-54-56-58-60-62-64-71(74)78-68-70(69-80-82(76,77)79-67-66-73(3,4)5)81-72(75)65-63-61-59-57-55-53-51-49-47-45-43-41-38-33-31-29-27-25-23-21-19-17-15-13-11-9-7-2/h9,11,15,17,21,23,27,29,33,38,43,45,49,51,70H,6-8,10,12-14,16,18-20,22,24-26,28,30-32,34-37,39-42,44,46-48,50,52-69H2,1-5H3/b11-9-,17-15-,23-21-,29-27-,38-33-,45-43-,51-49-. The van der Waals surface area contributed by atoms with Crippen LogP contribution < -0.4 is 4.89 Å². The number of carbonyl (C=O) groups excluding carboxylic acids is 2. The van der Waals surface area contributed by atoms with Crippen LogP contribution in [0.25, 0.3) is 0 Å². The molecular weight excluding hydrogens is 1040 g/mol. The van der Waals surface area contributed by atoms with Crippen molar-refractivity contribution in [1.29, 1.82) is 0 Å². The third-order valence-corrected chi connectivity index (χ3v) is 15.9. The van der Waals surface area contributed by atoms with Crippen LogP contribution in [0.3, 0.4) is 0 Å². The number of phosphoric ester groups is 1. The highest BCUT2D eigenvalue weighted by Gasteiger charge is 2.22. The summed E-state index contributed by atoms with van der Waals surface area (Å²) in [6.07, 6.45) is 85.2. The van der Waals surface area contributed by atoms with E-state index in [1.807, 2.05) is 21.1 Å². The predicted molar refractivity (Wildman–Crippen MR) is 351 cm³/mol. The Labute approximate surface area is 507 Å². The lowest BCUT2D eigenvalue weighted by molar-refractivity contribution is -0.870. The normalized spacial score (nSPS) is 13.7. The molecule has 0 rings (SSSR count). The number of phosphoric acid groups is 1. The lowest BCUT2D eigenvalue weighted by atomic mass is 10.0. The van der Waals surface area contributed by atoms with Gasteiger partial charge >= 0.3 is 11.9 Å². The van der Waals surface area contributed by atoms with E-state index in [9.17, 15) is 19.0 Å². The van der Waals surface area contributed by atoms with E-state index < -0.39 is 26.5 Å². The van der Waals surface area contributed by atoms with Crippen LogP contribution in [0, 0.1) is 0 Å². The SMILES string of the molecule is CC/C=C\C/C=C\C/C=C\C/C=C\C/C=C\C/C=C\C/C=C\CCCCCCCC(=O)OC(COC(=O)CCCCCCCCCCCCCCCCCCCCCCCCCCCCCCCCC)COP(=O)([O-])OCC[N+](C)(C)C. The van der Waals surface area contributed by atoms with Gasteiger partial charge in [0.2, 0.25) is 0 Å². The monoisotopic (exact) mass is 1170 g/mol. The summed E-state index contributed by atoms with van der Waals surface area (Å²) in [4.78, 5) is 38.0. The van der Waals surface area contributed by atoms with Gasteiger partial charge in [-0.3, -0.25) is 14.2 Å². The molecule has 0 aliphatic carbocycles. The molecule has 0 saturated carbocycles. The van der Waals surface area contributed by atoms with Gasteiger partial charge in [-0.1, -0.05) is 311 Å². The highest BCUT2D eigenvalue weighted by Crippen LogP contribution is 2.38. The molecule has 0 aromatic heterocycles. The minimum Gasteiger partial charge on any atom is -0.756 e. The summed E-state index contributed by atoms with van der Waals surface area (Å²) < 4.78 is 34.3. The second kappa shape index (κ2) is 62.7. The van der Waals surface area contributed by atoms with Crippen molar-refractivity contribution in [3.8, 4) is 0 Å². The second-order valence-corrected chi connectivity index (χ2v) is 25.6. The van der Waals surface area contributed by atoms with E-state index in [-0.39, 0.29) is 32.0 Å². The smallest absolute Gasteiger partial charge is 0.306 e. The number of unbranched alkanes of at least 4 members (excludes halogenated alkanes) is 35. The molecule has 0 aliphatic rings. The molecular formula is C72H130NO8P. The summed E-state index contributed by atoms with van der Waals surface area (Å²) in [6.45, 7) is 4.14. The molecule has 0 bridgehead atoms. The molecule has 0 aliphatic heterocycles. The quantitative estimate of drug-likeness (QED) is 0.0195. The van der Waals surface area contributed by atoms with E-state index in [1.54, 1.807) is 0 Å². The van der Waals surface area contributed by atoms with Crippen LogP contribution >= 0.6 is 7.82 Å². The minimum absolute atomic E-state index is 0.0377. The first kappa shape index (κ1) is 79.2. The van der Waals surface area contributed by atoms with Crippen molar-refractivity contribution in [2.45, 2.75) is 315 Å². The molecule has 0 spiro atoms. The molecule has 82 heavy (non-hydrogen) atoms. The van der Waals surface area contributed by atoms with Gasteiger partial charge in [0.25, 0.3) is 7.82 Å². The average Bonchev–Trinajstić information content (AvgIpc) is 3.46. The van der Waals surface area contributed by atoms with E-state index in [0.717, 1.165) is 96.3 Å². The summed E-state index contributed by atoms with van der Waals surface area (Å²) in [5.74, 6) is -0.848. The molecule has 2 atom stereocenters. The van der Waals surface area contributed by atoms with Gasteiger partial charge in [-0.2, -0.15) is 0 Å². The van der Waals surface area contributed by atoms with Crippen molar-refractivity contribution >= 4 is 19.8 Å². The molecule has 476 valence electrons. The van der Waals surface area contributed by atoms with Gasteiger partial charge in [0.15, 0.2) is 6.10 Å². The van der Waals surface area contributed by atoms with Crippen LogP contribution in [-0.4, -0.2) is 70.0 Å². The molecule has 0 N–H and O–H groups in total. The van der Waals surface area contributed by atoms with E-state index in [2.05, 4.69) is 98.9 Å². The van der Waals surface area contributed by atoms with E-state index in [4.69, 9.17) is 18.5 Å². The summed E-state index contributed by atoms with van der Waals surface area (Å²) in [7, 11) is 1.15. The summed E-state index contributed by atoms with van der Waals surface area (Å²) >= 11 is 0. The van der Waals surface area contributed by atoms with Crippen LogP contribution in [0.15, 0.2) is 85.1 Å². The zero-order valence-corrected chi connectivity index (χ0v) is 55.1. The Hall–Kier alpha value is -2.81. The minimum atomic E-state index is -4.65. The average molecular weight is 1170 g/mol. The number of carbonyl (C=O) groups is 2. The van der Waals surface area contributed by atoms with Crippen LogP contribution in [0.2, 0.25) is 0 Å². The number of rotatable bonds is 63. The van der Waals surface area contributed by atoms with Crippen molar-refractivity contribution in [1.82, 2.24) is 0 Å². The third kappa shape index (κ3) is 66.3. The predicted octanol–water partition coefficient (Wildman–Crippen LogP) is 21.5. The van der Waals surface area contributed by atoms with E-state index in [0.29, 0.717) is 17.4 Å². The number of allylic oxidation sites excluding steroid dienone is 14. The van der Waals surface area contributed by atoms with Gasteiger partial charge < -0.3 is 27.9 Å². The van der Waals surface area contributed by atoms with Crippen molar-refractivity contribution in [3.05, 3.63) is 85.1 Å². The first-order valence-electron chi connectivity index (χ1n) is 34.3. The zero-order chi connectivity index (χ0) is 59.8. The van der Waals surface area contributed by atoms with Crippen LogP contribution in [0.4, 0.5) is 0 Å². The molecule has 9 nitrogen and oxygen atoms in total. The van der Waals surface area contributed by atoms with Gasteiger partial charge in [0.05, 0.1) is 27.7 Å². The number of ether oxygens (including phenoxy) is 2. The van der Waals surface area contributed by atoms with Gasteiger partial charge in [-0.05, 0) is 70.6 Å². The number of esters is 2. The van der Waals surface area contributed by atoms with Crippen molar-refractivity contribution in [2.75, 3.05) is 47.5 Å². The van der Waals surface area contributed by atoms with Gasteiger partial charge in [-0.25, -0.2) is 0 Å². The molecule has 10 heteroatoms. The topological polar surface area (TPSA) is 111 Å². The van der Waals surface area contributed by atoms with Gasteiger partial charge in [-0.15, -0.1) is 0 Å². The first-order chi connectivity index (χ1) is 40.0. The summed E-state index contributed by atoms with van der Waals surface area (Å²) in [5, 5.41) is 0. The van der Waals surface area contributed by atoms with Gasteiger partial charge in [0, 0.05) is 12.8 Å². The Balaban J connectivity index is 4.08. The number of quaternary nitrogens is 1. The Morgan fingerprint density at radius 3 is 1.04 bits per heavy atom. The second-order valence-electron chi connectivity index (χ2n) is 24.2. The Morgan fingerprint density at radius 2 is 0.695 bits per heavy atom. The number of hydrogen-bond acceptors (Lipinski definition) is 8. The molecule has 0 amide bonds. The Morgan fingerprint density at radius 1 is 0.390 bits per heavy atom. The molecule has 0 heterocycles. The van der Waals surface area contributed by atoms with Crippen LogP contribution in [-0.2, 0) is 32.7 Å². The van der Waals surface area contributed by atoms with Crippen molar-refractivity contribution < 1.29 is 42.1 Å². The summed E-state index contributed by atoms with van der Waals surface area (Å²) in [5.41, 5.74) is 0. The fourth-order valence-electron chi connectivity index (χ4n) is 9.70. The van der Waals surface area contributed by atoms with Crippen LogP contribution in [0.5, 0.6) is 0 Å². The lowest BCUT2D eigenvalue weighted by Gasteiger charge is -2.28. The molecule has 0 radical (unpaired) electrons. The van der Waals surface area contributed by atoms with Crippen LogP contribution in [0.1, 0.15) is 309 Å². The molecule has 0 saturated heterocycles. The highest BCUT2D eigenvalue weighted by molar-refractivity contribution is 7.45. The van der Waals surface area contributed by atoms with E-state index in [1.165, 1.54) is 180 Å². The van der Waals surface area contributed by atoms with Crippen molar-refractivity contribution in [3.63, 3.8) is 0 Å². The largest absolute Gasteiger partial charge is 0.756 e. The Bertz CT molecular complexity index is 1660. The first-order valence-corrected chi connectivity index (χ1v) is 35.8. The molecule has 0 aromatic rings. The molecule has 0 aromatic carbocycles. The number of nitrogens with zero attached hydrogens (tertiary/aromatic N) is 1. The number of likely N-dealkylation sites (N-methyl/N-ethyl adjacent to an activating group) is 1. The summed E-state index contributed by atoms with van der Waals surface area (Å²) in [6, 6.07) is 0. The maximum atomic E-state index is 12.8. The molecule has 2 unspecified atom stereocenters. The maximum Gasteiger partial charge on any atom is 0.306 e. The lowest BCUT2D eigenvalue weighted by Crippen LogP contribution is -2.37. The molecule has 0 fully saturated rings. The zero-order valence-electron chi connectivity index (χ0n) is 54.2. The highest BCUT2D eigenvalue weighted by atomic mass is 31.2. The number of hydrogen-bond donors (Lipinski definition) is 0. The fraction of sp³-hybridized carbons (Fsp3) is 0.778. The Kier molecular flexibility index (Phi) is 60.6. The maximum absolute atomic E-state index is 12.8. The van der Waals surface area contributed by atoms with Gasteiger partial charge in [0.1, 0.15) is 19.8 Å².